The summed E-state index contributed by atoms with van der Waals surface area (Å²) in [6.45, 7) is 4.91. The van der Waals surface area contributed by atoms with Crippen LogP contribution >= 0.6 is 0 Å². The predicted octanol–water partition coefficient (Wildman–Crippen LogP) is 5.49. The minimum absolute atomic E-state index is 0.00315. The van der Waals surface area contributed by atoms with Crippen LogP contribution in [0.3, 0.4) is 0 Å². The van der Waals surface area contributed by atoms with E-state index in [9.17, 15) is 9.18 Å². The maximum Gasteiger partial charge on any atom is 0.254 e. The lowest BCUT2D eigenvalue weighted by atomic mass is 9.97. The van der Waals surface area contributed by atoms with Crippen LogP contribution < -0.4 is 15.8 Å². The number of pyridine rings is 3. The van der Waals surface area contributed by atoms with Crippen molar-refractivity contribution >= 4 is 28.4 Å². The van der Waals surface area contributed by atoms with Crippen molar-refractivity contribution < 1.29 is 13.9 Å². The highest BCUT2D eigenvalue weighted by Crippen LogP contribution is 2.40. The van der Waals surface area contributed by atoms with E-state index in [1.54, 1.807) is 13.2 Å². The Labute approximate surface area is 260 Å². The number of nitrogens with zero attached hydrogens (tertiary/aromatic N) is 6. The van der Waals surface area contributed by atoms with Crippen molar-refractivity contribution in [3.05, 3.63) is 71.4 Å². The van der Waals surface area contributed by atoms with E-state index >= 15 is 0 Å². The number of nitrogens with two attached hydrogens (primary N) is 1. The third-order valence-corrected chi connectivity index (χ3v) is 9.87. The Kier molecular flexibility index (Phi) is 6.56. The number of anilines is 1. The third kappa shape index (κ3) is 4.72. The Morgan fingerprint density at radius 3 is 2.67 bits per heavy atom. The number of amides is 1. The average Bonchev–Trinajstić information content (AvgIpc) is 3.36. The summed E-state index contributed by atoms with van der Waals surface area (Å²) in [4.78, 5) is 30.2. The highest BCUT2D eigenvalue weighted by atomic mass is 19.1. The van der Waals surface area contributed by atoms with Crippen molar-refractivity contribution in [3.8, 4) is 17.3 Å². The van der Waals surface area contributed by atoms with E-state index in [4.69, 9.17) is 20.4 Å². The molecular weight excluding hydrogens is 571 g/mol. The van der Waals surface area contributed by atoms with Crippen LogP contribution in [0.15, 0.2) is 48.7 Å². The van der Waals surface area contributed by atoms with Crippen LogP contribution in [0.4, 0.5) is 10.2 Å². The van der Waals surface area contributed by atoms with E-state index in [-0.39, 0.29) is 35.9 Å². The van der Waals surface area contributed by atoms with Gasteiger partial charge in [0.1, 0.15) is 28.6 Å². The molecule has 0 aromatic carbocycles. The summed E-state index contributed by atoms with van der Waals surface area (Å²) in [5, 5.41) is 4.36. The maximum atomic E-state index is 13.8. The standard InChI is InChI=1S/C34H37FN8O2/c1-18(38-29-11-7-23(35)16-37-29)26-9-6-21-12-28(41(33(21)39-26)17-20-4-5-20)32-19(2)42-30(40-32)13-22(14-31(42)45-3)34(44)43-24-8-10-27(43)25(36)15-24/h6-7,9,11-14,16,18,20,24-25,27H,4-5,8,10,15,17,36H2,1-3H3,(H,37,38)/t18-,24+,25-,27-/m1/s1. The minimum atomic E-state index is -0.371. The van der Waals surface area contributed by atoms with Crippen molar-refractivity contribution in [1.29, 1.82) is 0 Å². The third-order valence-electron chi connectivity index (χ3n) is 9.87. The van der Waals surface area contributed by atoms with Gasteiger partial charge < -0.3 is 25.3 Å². The molecule has 5 aromatic rings. The molecule has 45 heavy (non-hydrogen) atoms. The van der Waals surface area contributed by atoms with Crippen LogP contribution in [0, 0.1) is 18.7 Å². The maximum absolute atomic E-state index is 13.8. The number of hydrogen-bond acceptors (Lipinski definition) is 7. The van der Waals surface area contributed by atoms with Crippen molar-refractivity contribution in [3.63, 3.8) is 0 Å². The number of carbonyl (C=O) groups is 1. The second kappa shape index (κ2) is 10.5. The fourth-order valence-corrected chi connectivity index (χ4v) is 7.37. The lowest BCUT2D eigenvalue weighted by molar-refractivity contribution is 0.0726. The van der Waals surface area contributed by atoms with Crippen molar-refractivity contribution in [1.82, 2.24) is 28.8 Å². The number of ether oxygens (including phenoxy) is 1. The number of halogens is 1. The van der Waals surface area contributed by atoms with Gasteiger partial charge in [-0.25, -0.2) is 19.3 Å². The predicted molar refractivity (Wildman–Crippen MR) is 170 cm³/mol. The summed E-state index contributed by atoms with van der Waals surface area (Å²) in [7, 11) is 1.63. The highest BCUT2D eigenvalue weighted by molar-refractivity contribution is 5.96. The second-order valence-corrected chi connectivity index (χ2v) is 12.9. The Morgan fingerprint density at radius 1 is 1.13 bits per heavy atom. The van der Waals surface area contributed by atoms with E-state index in [1.807, 2.05) is 41.3 Å². The zero-order valence-electron chi connectivity index (χ0n) is 25.7. The Balaban J connectivity index is 1.19. The Morgan fingerprint density at radius 2 is 1.98 bits per heavy atom. The van der Waals surface area contributed by atoms with Gasteiger partial charge in [-0.3, -0.25) is 9.20 Å². The van der Waals surface area contributed by atoms with Crippen molar-refractivity contribution in [2.75, 3.05) is 12.4 Å². The van der Waals surface area contributed by atoms with Crippen molar-refractivity contribution in [2.24, 2.45) is 11.7 Å². The molecule has 3 fully saturated rings. The van der Waals surface area contributed by atoms with Gasteiger partial charge >= 0.3 is 0 Å². The lowest BCUT2D eigenvalue weighted by Crippen LogP contribution is -2.40. The molecule has 3 aliphatic rings. The van der Waals surface area contributed by atoms with Crippen LogP contribution in [0.1, 0.15) is 66.8 Å². The van der Waals surface area contributed by atoms with Crippen LogP contribution in [0.5, 0.6) is 5.88 Å². The average molecular weight is 609 g/mol. The number of aromatic nitrogens is 5. The number of carbonyl (C=O) groups excluding carboxylic acids is 1. The van der Waals surface area contributed by atoms with Gasteiger partial charge in [-0.15, -0.1) is 0 Å². The van der Waals surface area contributed by atoms with Gasteiger partial charge in [0.05, 0.1) is 36.4 Å². The van der Waals surface area contributed by atoms with Gasteiger partial charge in [0.2, 0.25) is 0 Å². The molecule has 2 aliphatic heterocycles. The first-order valence-electron chi connectivity index (χ1n) is 15.8. The normalized spacial score (nSPS) is 21.6. The topological polar surface area (TPSA) is 116 Å². The second-order valence-electron chi connectivity index (χ2n) is 12.9. The minimum Gasteiger partial charge on any atom is -0.482 e. The summed E-state index contributed by atoms with van der Waals surface area (Å²) < 4.78 is 23.5. The molecule has 3 N–H and O–H groups in total. The molecule has 10 nitrogen and oxygen atoms in total. The quantitative estimate of drug-likeness (QED) is 0.239. The molecule has 0 spiro atoms. The smallest absolute Gasteiger partial charge is 0.254 e. The van der Waals surface area contributed by atoms with Crippen LogP contribution in [0.2, 0.25) is 0 Å². The molecule has 8 rings (SSSR count). The van der Waals surface area contributed by atoms with Crippen LogP contribution in [-0.4, -0.2) is 60.0 Å². The van der Waals surface area contributed by atoms with E-state index in [0.29, 0.717) is 28.8 Å². The number of fused-ring (bicyclic) bond motifs is 4. The zero-order valence-corrected chi connectivity index (χ0v) is 25.7. The van der Waals surface area contributed by atoms with Crippen molar-refractivity contribution in [2.45, 2.75) is 76.7 Å². The number of aryl methyl sites for hydroxylation is 1. The first-order chi connectivity index (χ1) is 21.8. The number of rotatable bonds is 8. The molecule has 4 atom stereocenters. The fraction of sp³-hybridized carbons (Fsp3) is 0.412. The molecule has 2 saturated heterocycles. The molecule has 1 amide bonds. The van der Waals surface area contributed by atoms with E-state index in [0.717, 1.165) is 59.6 Å². The summed E-state index contributed by atoms with van der Waals surface area (Å²) >= 11 is 0. The molecule has 1 aliphatic carbocycles. The van der Waals surface area contributed by atoms with Gasteiger partial charge in [-0.05, 0) is 88.3 Å². The van der Waals surface area contributed by atoms with E-state index in [1.165, 1.54) is 25.1 Å². The van der Waals surface area contributed by atoms with Gasteiger partial charge in [0.15, 0.2) is 5.88 Å². The molecule has 2 bridgehead atoms. The van der Waals surface area contributed by atoms with Crippen LogP contribution in [-0.2, 0) is 6.54 Å². The molecule has 7 heterocycles. The number of hydrogen-bond donors (Lipinski definition) is 2. The van der Waals surface area contributed by atoms with Gasteiger partial charge in [0, 0.05) is 41.7 Å². The van der Waals surface area contributed by atoms with Crippen LogP contribution in [0.25, 0.3) is 28.1 Å². The molecule has 11 heteroatoms. The lowest BCUT2D eigenvalue weighted by Gasteiger charge is -2.23. The fourth-order valence-electron chi connectivity index (χ4n) is 7.37. The summed E-state index contributed by atoms with van der Waals surface area (Å²) in [5.41, 5.74) is 12.1. The monoisotopic (exact) mass is 608 g/mol. The number of methoxy groups -OCH3 is 1. The molecular formula is C34H37FN8O2. The molecule has 1 saturated carbocycles. The summed E-state index contributed by atoms with van der Waals surface area (Å²) in [6, 6.07) is 13.2. The Bertz CT molecular complexity index is 1950. The van der Waals surface area contributed by atoms with E-state index < -0.39 is 0 Å². The largest absolute Gasteiger partial charge is 0.482 e. The summed E-state index contributed by atoms with van der Waals surface area (Å²) in [6.07, 6.45) is 6.42. The zero-order chi connectivity index (χ0) is 31.0. The SMILES string of the molecule is COc1cc(C(=O)N2[C@H]3CC[C@@H]2[C@H](N)C3)cc2nc(-c3cc4ccc([C@@H](C)Nc5ccc(F)cn5)nc4n3CC3CC3)c(C)n12. The number of nitrogens with one attached hydrogen (secondary N) is 1. The summed E-state index contributed by atoms with van der Waals surface area (Å²) in [5.74, 6) is 1.39. The molecule has 0 radical (unpaired) electrons. The number of imidazole rings is 1. The first-order valence-corrected chi connectivity index (χ1v) is 15.8. The molecule has 5 aromatic heterocycles. The Hall–Kier alpha value is -4.51. The van der Waals surface area contributed by atoms with Gasteiger partial charge in [-0.1, -0.05) is 0 Å². The van der Waals surface area contributed by atoms with E-state index in [2.05, 4.69) is 27.0 Å². The van der Waals surface area contributed by atoms with Gasteiger partial charge in [-0.2, -0.15) is 0 Å². The molecule has 232 valence electrons. The first kappa shape index (κ1) is 28.0. The molecule has 0 unspecified atom stereocenters. The van der Waals surface area contributed by atoms with Gasteiger partial charge in [0.25, 0.3) is 5.91 Å². The highest BCUT2D eigenvalue weighted by Gasteiger charge is 2.47.